The molecule has 0 saturated heterocycles. The van der Waals surface area contributed by atoms with Crippen molar-refractivity contribution < 1.29 is 29.3 Å². The van der Waals surface area contributed by atoms with Crippen LogP contribution >= 0.6 is 0 Å². The predicted molar refractivity (Wildman–Crippen MR) is 165 cm³/mol. The van der Waals surface area contributed by atoms with Gasteiger partial charge in [-0.2, -0.15) is 0 Å². The first-order valence-electron chi connectivity index (χ1n) is 13.4. The van der Waals surface area contributed by atoms with Crippen molar-refractivity contribution >= 4 is 53.2 Å². The SMILES string of the molecule is CC(C)n1c(C=C[C@H](O)C[C@@H](O)CC(=O)O)c(-c2ccc(F)cc2)c(-c2ccccc2)c1C(=O)Nc1ccccc1.[NaH]. The Labute approximate surface area is 266 Å². The fourth-order valence-electron chi connectivity index (χ4n) is 4.88. The van der Waals surface area contributed by atoms with Crippen LogP contribution in [0, 0.1) is 5.82 Å². The molecule has 42 heavy (non-hydrogen) atoms. The van der Waals surface area contributed by atoms with Crippen molar-refractivity contribution in [3.8, 4) is 22.3 Å². The van der Waals surface area contributed by atoms with Gasteiger partial charge in [-0.1, -0.05) is 66.7 Å². The molecule has 4 rings (SSSR count). The van der Waals surface area contributed by atoms with Gasteiger partial charge in [0, 0.05) is 35.0 Å². The molecule has 0 saturated carbocycles. The van der Waals surface area contributed by atoms with E-state index >= 15 is 0 Å². The molecule has 4 N–H and O–H groups in total. The van der Waals surface area contributed by atoms with Crippen LogP contribution in [0.3, 0.4) is 0 Å². The van der Waals surface area contributed by atoms with E-state index < -0.39 is 30.4 Å². The van der Waals surface area contributed by atoms with Gasteiger partial charge < -0.3 is 25.2 Å². The Hall–Kier alpha value is -3.53. The number of hydrogen-bond donors (Lipinski definition) is 4. The fraction of sp³-hybridized carbons (Fsp3) is 0.212. The Kier molecular flexibility index (Phi) is 11.8. The number of amides is 1. The summed E-state index contributed by atoms with van der Waals surface area (Å²) in [6.07, 6.45) is 0.0955. The van der Waals surface area contributed by atoms with E-state index in [0.717, 1.165) is 5.56 Å². The Morgan fingerprint density at radius 3 is 2.02 bits per heavy atom. The fourth-order valence-corrected chi connectivity index (χ4v) is 4.88. The summed E-state index contributed by atoms with van der Waals surface area (Å²) in [7, 11) is 0. The molecule has 1 heterocycles. The van der Waals surface area contributed by atoms with Crippen molar-refractivity contribution in [2.24, 2.45) is 0 Å². The first-order chi connectivity index (χ1) is 19.7. The number of aliphatic hydroxyl groups excluding tert-OH is 2. The second-order valence-electron chi connectivity index (χ2n) is 10.1. The van der Waals surface area contributed by atoms with Crippen LogP contribution < -0.4 is 5.32 Å². The minimum atomic E-state index is -1.23. The second-order valence-corrected chi connectivity index (χ2v) is 10.1. The summed E-state index contributed by atoms with van der Waals surface area (Å²) in [6, 6.07) is 24.3. The molecular weight excluding hydrogens is 546 g/mol. The van der Waals surface area contributed by atoms with E-state index in [4.69, 9.17) is 5.11 Å². The molecule has 4 aromatic rings. The zero-order valence-corrected chi connectivity index (χ0v) is 22.9. The normalized spacial score (nSPS) is 12.6. The van der Waals surface area contributed by atoms with Gasteiger partial charge in [-0.3, -0.25) is 9.59 Å². The van der Waals surface area contributed by atoms with Crippen molar-refractivity contribution in [1.82, 2.24) is 4.57 Å². The van der Waals surface area contributed by atoms with E-state index in [1.165, 1.54) is 18.2 Å². The van der Waals surface area contributed by atoms with E-state index in [9.17, 15) is 24.2 Å². The van der Waals surface area contributed by atoms with Gasteiger partial charge in [0.05, 0.1) is 18.6 Å². The third-order valence-electron chi connectivity index (χ3n) is 6.60. The van der Waals surface area contributed by atoms with E-state index in [1.807, 2.05) is 66.9 Å². The zero-order valence-electron chi connectivity index (χ0n) is 22.9. The van der Waals surface area contributed by atoms with Crippen molar-refractivity contribution in [2.45, 2.75) is 44.9 Å². The van der Waals surface area contributed by atoms with Gasteiger partial charge in [0.25, 0.3) is 5.91 Å². The Bertz CT molecular complexity index is 1520. The molecular formula is C33H34FN2NaO5. The average Bonchev–Trinajstić information content (AvgIpc) is 3.28. The maximum absolute atomic E-state index is 14.0. The van der Waals surface area contributed by atoms with Gasteiger partial charge in [-0.05, 0) is 55.3 Å². The Morgan fingerprint density at radius 1 is 0.881 bits per heavy atom. The van der Waals surface area contributed by atoms with Crippen LogP contribution in [-0.2, 0) is 4.79 Å². The number of rotatable bonds is 11. The summed E-state index contributed by atoms with van der Waals surface area (Å²) < 4.78 is 15.9. The molecule has 1 aromatic heterocycles. The number of anilines is 1. The topological polar surface area (TPSA) is 112 Å². The van der Waals surface area contributed by atoms with Crippen molar-refractivity contribution in [2.75, 3.05) is 5.32 Å². The third kappa shape index (κ3) is 8.06. The number of aromatic nitrogens is 1. The van der Waals surface area contributed by atoms with E-state index in [2.05, 4.69) is 5.32 Å². The number of nitrogens with one attached hydrogen (secondary N) is 1. The van der Waals surface area contributed by atoms with Crippen LogP contribution in [0.1, 0.15) is 48.9 Å². The molecule has 0 radical (unpaired) electrons. The quantitative estimate of drug-likeness (QED) is 0.169. The molecule has 9 heteroatoms. The summed E-state index contributed by atoms with van der Waals surface area (Å²) in [5, 5.41) is 32.6. The monoisotopic (exact) mass is 580 g/mol. The van der Waals surface area contributed by atoms with Gasteiger partial charge in [-0.15, -0.1) is 0 Å². The molecule has 0 aliphatic rings. The van der Waals surface area contributed by atoms with Crippen LogP contribution in [0.5, 0.6) is 0 Å². The standard InChI is InChI=1S/C33H33FN2O5.Na.H/c1-21(2)36-28(18-17-26(37)19-27(38)20-29(39)40)30(23-13-15-24(34)16-14-23)31(22-9-5-3-6-10-22)32(36)33(41)35-25-11-7-4-8-12-25;;/h3-18,21,26-27,37-38H,19-20H2,1-2H3,(H,35,41)(H,39,40);;/t26-,27+;;/m0../s1. The van der Waals surface area contributed by atoms with Gasteiger partial charge in [0.15, 0.2) is 0 Å². The summed E-state index contributed by atoms with van der Waals surface area (Å²) in [5.41, 5.74) is 4.34. The van der Waals surface area contributed by atoms with Crippen LogP contribution in [0.2, 0.25) is 0 Å². The average molecular weight is 581 g/mol. The number of nitrogens with zero attached hydrogens (tertiary/aromatic N) is 1. The van der Waals surface area contributed by atoms with Crippen LogP contribution in [0.15, 0.2) is 91.0 Å². The molecule has 0 aliphatic carbocycles. The van der Waals surface area contributed by atoms with Crippen LogP contribution in [0.4, 0.5) is 10.1 Å². The number of carbonyl (C=O) groups excluding carboxylic acids is 1. The Balaban J connectivity index is 0.00000484. The molecule has 0 spiro atoms. The number of halogens is 1. The number of hydrogen-bond acceptors (Lipinski definition) is 4. The third-order valence-corrected chi connectivity index (χ3v) is 6.60. The number of aliphatic hydroxyl groups is 2. The summed E-state index contributed by atoms with van der Waals surface area (Å²) in [6.45, 7) is 3.87. The van der Waals surface area contributed by atoms with Crippen molar-refractivity contribution in [3.63, 3.8) is 0 Å². The Morgan fingerprint density at radius 2 is 1.45 bits per heavy atom. The molecule has 1 amide bonds. The van der Waals surface area contributed by atoms with Crippen molar-refractivity contribution in [3.05, 3.63) is 108 Å². The number of aliphatic carboxylic acids is 1. The van der Waals surface area contributed by atoms with E-state index in [-0.39, 0.29) is 47.9 Å². The molecule has 3 aromatic carbocycles. The second kappa shape index (κ2) is 15.1. The molecule has 0 aliphatic heterocycles. The molecule has 7 nitrogen and oxygen atoms in total. The summed E-state index contributed by atoms with van der Waals surface area (Å²) in [4.78, 5) is 25.0. The minimum absolute atomic E-state index is 0. The van der Waals surface area contributed by atoms with E-state index in [0.29, 0.717) is 33.8 Å². The number of carboxylic acids is 1. The molecule has 2 atom stereocenters. The van der Waals surface area contributed by atoms with Crippen molar-refractivity contribution in [1.29, 1.82) is 0 Å². The van der Waals surface area contributed by atoms with Gasteiger partial charge in [0.2, 0.25) is 0 Å². The maximum atomic E-state index is 14.0. The van der Waals surface area contributed by atoms with Gasteiger partial charge in [-0.25, -0.2) is 4.39 Å². The number of carbonyl (C=O) groups is 2. The molecule has 0 unspecified atom stereocenters. The number of para-hydroxylation sites is 1. The number of benzene rings is 3. The zero-order chi connectivity index (χ0) is 29.5. The first kappa shape index (κ1) is 33.0. The first-order valence-corrected chi connectivity index (χ1v) is 13.4. The molecule has 0 fully saturated rings. The predicted octanol–water partition coefficient (Wildman–Crippen LogP) is 5.75. The van der Waals surface area contributed by atoms with Gasteiger partial charge >= 0.3 is 35.5 Å². The van der Waals surface area contributed by atoms with Crippen LogP contribution in [0.25, 0.3) is 28.3 Å². The number of carboxylic acid groups (broad SMARTS) is 1. The van der Waals surface area contributed by atoms with Crippen LogP contribution in [-0.4, -0.2) is 73.5 Å². The van der Waals surface area contributed by atoms with E-state index in [1.54, 1.807) is 30.3 Å². The molecule has 0 bridgehead atoms. The van der Waals surface area contributed by atoms with Gasteiger partial charge in [0.1, 0.15) is 11.5 Å². The summed E-state index contributed by atoms with van der Waals surface area (Å²) >= 11 is 0. The summed E-state index contributed by atoms with van der Waals surface area (Å²) in [5.74, 6) is -1.91. The molecule has 214 valence electrons.